The molecular weight excluding hydrogens is 188 g/mol. The summed E-state index contributed by atoms with van der Waals surface area (Å²) in [5.41, 5.74) is 0.530. The fourth-order valence-electron chi connectivity index (χ4n) is 0.904. The van der Waals surface area contributed by atoms with Crippen molar-refractivity contribution < 1.29 is 4.79 Å². The Morgan fingerprint density at radius 1 is 1.47 bits per heavy atom. The van der Waals surface area contributed by atoms with E-state index in [2.05, 4.69) is 16.9 Å². The predicted octanol–water partition coefficient (Wildman–Crippen LogP) is 2.71. The van der Waals surface area contributed by atoms with Crippen molar-refractivity contribution in [3.63, 3.8) is 0 Å². The Bertz CT molecular complexity index is 360. The molecule has 0 saturated carbocycles. The van der Waals surface area contributed by atoms with Gasteiger partial charge in [0.05, 0.1) is 0 Å². The molecule has 0 fully saturated rings. The van der Waals surface area contributed by atoms with Gasteiger partial charge in [-0.2, -0.15) is 0 Å². The van der Waals surface area contributed by atoms with Gasteiger partial charge in [-0.15, -0.1) is 0 Å². The standard InChI is InChI=1S/C12H16N2O/c1-5-9-6-7-10(13-8-9)14-11(15)12(2,3)4/h5-8H,1H2,2-4H3,(H,13,14,15). The highest BCUT2D eigenvalue weighted by Crippen LogP contribution is 2.16. The summed E-state index contributed by atoms with van der Waals surface area (Å²) >= 11 is 0. The van der Waals surface area contributed by atoms with Crippen molar-refractivity contribution in [2.45, 2.75) is 20.8 Å². The lowest BCUT2D eigenvalue weighted by molar-refractivity contribution is -0.123. The zero-order chi connectivity index (χ0) is 11.5. The molecular formula is C12H16N2O. The zero-order valence-electron chi connectivity index (χ0n) is 9.37. The molecule has 0 saturated heterocycles. The average Bonchev–Trinajstić information content (AvgIpc) is 2.17. The monoisotopic (exact) mass is 204 g/mol. The van der Waals surface area contributed by atoms with Crippen molar-refractivity contribution in [2.24, 2.45) is 5.41 Å². The van der Waals surface area contributed by atoms with Crippen molar-refractivity contribution in [3.8, 4) is 0 Å². The lowest BCUT2D eigenvalue weighted by Gasteiger charge is -2.16. The van der Waals surface area contributed by atoms with Crippen LogP contribution in [-0.2, 0) is 4.79 Å². The SMILES string of the molecule is C=Cc1ccc(NC(=O)C(C)(C)C)nc1. The maximum absolute atomic E-state index is 11.6. The van der Waals surface area contributed by atoms with E-state index >= 15 is 0 Å². The van der Waals surface area contributed by atoms with E-state index in [0.29, 0.717) is 5.82 Å². The van der Waals surface area contributed by atoms with Gasteiger partial charge < -0.3 is 5.32 Å². The predicted molar refractivity (Wildman–Crippen MR) is 62.4 cm³/mol. The number of hydrogen-bond acceptors (Lipinski definition) is 2. The number of amides is 1. The second-order valence-corrected chi connectivity index (χ2v) is 4.39. The summed E-state index contributed by atoms with van der Waals surface area (Å²) in [6, 6.07) is 3.62. The summed E-state index contributed by atoms with van der Waals surface area (Å²) in [6.45, 7) is 9.22. The van der Waals surface area contributed by atoms with Gasteiger partial charge >= 0.3 is 0 Å². The summed E-state index contributed by atoms with van der Waals surface area (Å²) in [5, 5.41) is 2.75. The Morgan fingerprint density at radius 2 is 2.13 bits per heavy atom. The first-order chi connectivity index (χ1) is 6.93. The largest absolute Gasteiger partial charge is 0.310 e. The van der Waals surface area contributed by atoms with Crippen molar-refractivity contribution in [2.75, 3.05) is 5.32 Å². The first-order valence-corrected chi connectivity index (χ1v) is 4.83. The molecule has 1 heterocycles. The maximum Gasteiger partial charge on any atom is 0.230 e. The normalized spacial score (nSPS) is 10.9. The molecule has 0 aromatic carbocycles. The molecule has 0 aliphatic heterocycles. The van der Waals surface area contributed by atoms with Crippen LogP contribution in [0.4, 0.5) is 5.82 Å². The van der Waals surface area contributed by atoms with E-state index in [-0.39, 0.29) is 5.91 Å². The summed E-state index contributed by atoms with van der Waals surface area (Å²) in [7, 11) is 0. The molecule has 1 aromatic rings. The van der Waals surface area contributed by atoms with E-state index < -0.39 is 5.41 Å². The molecule has 0 unspecified atom stereocenters. The van der Waals surface area contributed by atoms with Gasteiger partial charge in [-0.3, -0.25) is 4.79 Å². The van der Waals surface area contributed by atoms with Gasteiger partial charge in [0.25, 0.3) is 0 Å². The lowest BCUT2D eigenvalue weighted by Crippen LogP contribution is -2.27. The molecule has 80 valence electrons. The Balaban J connectivity index is 2.74. The number of anilines is 1. The summed E-state index contributed by atoms with van der Waals surface area (Å²) < 4.78 is 0. The Kier molecular flexibility index (Phi) is 3.24. The Hall–Kier alpha value is -1.64. The second-order valence-electron chi connectivity index (χ2n) is 4.39. The second kappa shape index (κ2) is 4.26. The van der Waals surface area contributed by atoms with Crippen LogP contribution in [0, 0.1) is 5.41 Å². The van der Waals surface area contributed by atoms with Gasteiger partial charge in [-0.25, -0.2) is 4.98 Å². The number of nitrogens with one attached hydrogen (secondary N) is 1. The number of hydrogen-bond donors (Lipinski definition) is 1. The van der Waals surface area contributed by atoms with E-state index in [1.807, 2.05) is 26.8 Å². The Labute approximate surface area is 90.2 Å². The maximum atomic E-state index is 11.6. The van der Waals surface area contributed by atoms with Crippen molar-refractivity contribution >= 4 is 17.8 Å². The van der Waals surface area contributed by atoms with Crippen LogP contribution in [0.25, 0.3) is 6.08 Å². The third-order valence-electron chi connectivity index (χ3n) is 1.94. The number of carbonyl (C=O) groups is 1. The van der Waals surface area contributed by atoms with Gasteiger partial charge in [0.1, 0.15) is 5.82 Å². The molecule has 1 N–H and O–H groups in total. The first kappa shape index (κ1) is 11.4. The molecule has 3 heteroatoms. The van der Waals surface area contributed by atoms with Crippen LogP contribution in [0.1, 0.15) is 26.3 Å². The zero-order valence-corrected chi connectivity index (χ0v) is 9.37. The molecule has 15 heavy (non-hydrogen) atoms. The van der Waals surface area contributed by atoms with Crippen molar-refractivity contribution in [1.29, 1.82) is 0 Å². The highest BCUT2D eigenvalue weighted by atomic mass is 16.2. The van der Waals surface area contributed by atoms with Crippen LogP contribution in [-0.4, -0.2) is 10.9 Å². The molecule has 0 atom stereocenters. The van der Waals surface area contributed by atoms with Gasteiger partial charge in [0.2, 0.25) is 5.91 Å². The summed E-state index contributed by atoms with van der Waals surface area (Å²) in [6.07, 6.45) is 3.38. The lowest BCUT2D eigenvalue weighted by atomic mass is 9.96. The van der Waals surface area contributed by atoms with E-state index in [1.165, 1.54) is 0 Å². The van der Waals surface area contributed by atoms with Gasteiger partial charge in [0, 0.05) is 11.6 Å². The third-order valence-corrected chi connectivity index (χ3v) is 1.94. The third kappa shape index (κ3) is 3.20. The number of carbonyl (C=O) groups excluding carboxylic acids is 1. The number of aromatic nitrogens is 1. The number of nitrogens with zero attached hydrogens (tertiary/aromatic N) is 1. The highest BCUT2D eigenvalue weighted by Gasteiger charge is 2.21. The molecule has 0 aliphatic carbocycles. The van der Waals surface area contributed by atoms with Crippen LogP contribution >= 0.6 is 0 Å². The topological polar surface area (TPSA) is 42.0 Å². The van der Waals surface area contributed by atoms with Gasteiger partial charge in [-0.05, 0) is 17.7 Å². The summed E-state index contributed by atoms with van der Waals surface area (Å²) in [4.78, 5) is 15.7. The minimum absolute atomic E-state index is 0.0404. The van der Waals surface area contributed by atoms with Crippen LogP contribution in [0.15, 0.2) is 24.9 Å². The minimum Gasteiger partial charge on any atom is -0.310 e. The molecule has 1 aromatic heterocycles. The number of rotatable bonds is 2. The van der Waals surface area contributed by atoms with E-state index in [9.17, 15) is 4.79 Å². The van der Waals surface area contributed by atoms with Crippen LogP contribution < -0.4 is 5.32 Å². The van der Waals surface area contributed by atoms with E-state index in [1.54, 1.807) is 18.3 Å². The smallest absolute Gasteiger partial charge is 0.230 e. The molecule has 0 spiro atoms. The molecule has 3 nitrogen and oxygen atoms in total. The fraction of sp³-hybridized carbons (Fsp3) is 0.333. The minimum atomic E-state index is -0.404. The van der Waals surface area contributed by atoms with Gasteiger partial charge in [-0.1, -0.05) is 33.4 Å². The van der Waals surface area contributed by atoms with Crippen molar-refractivity contribution in [3.05, 3.63) is 30.5 Å². The van der Waals surface area contributed by atoms with Crippen LogP contribution in [0.5, 0.6) is 0 Å². The van der Waals surface area contributed by atoms with E-state index in [4.69, 9.17) is 0 Å². The Morgan fingerprint density at radius 3 is 2.53 bits per heavy atom. The van der Waals surface area contributed by atoms with E-state index in [0.717, 1.165) is 5.56 Å². The quantitative estimate of drug-likeness (QED) is 0.804. The molecule has 0 radical (unpaired) electrons. The van der Waals surface area contributed by atoms with Crippen molar-refractivity contribution in [1.82, 2.24) is 4.98 Å². The molecule has 1 amide bonds. The van der Waals surface area contributed by atoms with Gasteiger partial charge in [0.15, 0.2) is 0 Å². The average molecular weight is 204 g/mol. The molecule has 0 bridgehead atoms. The molecule has 0 aliphatic rings. The van der Waals surface area contributed by atoms with Crippen LogP contribution in [0.3, 0.4) is 0 Å². The first-order valence-electron chi connectivity index (χ1n) is 4.83. The molecule has 1 rings (SSSR count). The van der Waals surface area contributed by atoms with Crippen LogP contribution in [0.2, 0.25) is 0 Å². The highest BCUT2D eigenvalue weighted by molar-refractivity contribution is 5.93. The summed E-state index contributed by atoms with van der Waals surface area (Å²) in [5.74, 6) is 0.530. The fourth-order valence-corrected chi connectivity index (χ4v) is 0.904. The number of pyridine rings is 1.